The van der Waals surface area contributed by atoms with Crippen molar-refractivity contribution in [2.24, 2.45) is 5.92 Å². The van der Waals surface area contributed by atoms with Crippen LogP contribution in [0.4, 0.5) is 0 Å². The Kier molecular flexibility index (Phi) is 6.27. The summed E-state index contributed by atoms with van der Waals surface area (Å²) >= 11 is 1.74. The zero-order valence-corrected chi connectivity index (χ0v) is 14.0. The normalized spacial score (nSPS) is 12.6. The van der Waals surface area contributed by atoms with Gasteiger partial charge < -0.3 is 10.1 Å². The van der Waals surface area contributed by atoms with Crippen molar-refractivity contribution < 1.29 is 4.74 Å². The average Bonchev–Trinajstić information content (AvgIpc) is 3.00. The molecule has 0 saturated heterocycles. The highest BCUT2D eigenvalue weighted by molar-refractivity contribution is 7.07. The third-order valence-corrected chi connectivity index (χ3v) is 4.24. The number of hydrogen-bond donors (Lipinski definition) is 1. The van der Waals surface area contributed by atoms with Crippen LogP contribution in [0.15, 0.2) is 41.1 Å². The van der Waals surface area contributed by atoms with E-state index in [-0.39, 0.29) is 0 Å². The van der Waals surface area contributed by atoms with Crippen molar-refractivity contribution in [3.63, 3.8) is 0 Å². The first-order valence-corrected chi connectivity index (χ1v) is 8.56. The van der Waals surface area contributed by atoms with E-state index >= 15 is 0 Å². The van der Waals surface area contributed by atoms with Crippen LogP contribution in [0, 0.1) is 5.92 Å². The molecule has 0 aliphatic heterocycles. The fourth-order valence-corrected chi connectivity index (χ4v) is 2.78. The first-order valence-electron chi connectivity index (χ1n) is 7.62. The van der Waals surface area contributed by atoms with Crippen molar-refractivity contribution in [1.29, 1.82) is 0 Å². The van der Waals surface area contributed by atoms with Crippen LogP contribution in [0.25, 0.3) is 0 Å². The summed E-state index contributed by atoms with van der Waals surface area (Å²) in [6.07, 6.45) is 1.10. The Bertz CT molecular complexity index is 505. The summed E-state index contributed by atoms with van der Waals surface area (Å²) in [5.41, 5.74) is 2.64. The second-order valence-corrected chi connectivity index (χ2v) is 6.61. The van der Waals surface area contributed by atoms with E-state index in [1.54, 1.807) is 11.3 Å². The molecule has 0 bridgehead atoms. The molecule has 1 aromatic heterocycles. The van der Waals surface area contributed by atoms with Gasteiger partial charge in [-0.25, -0.2) is 0 Å². The van der Waals surface area contributed by atoms with Crippen molar-refractivity contribution in [1.82, 2.24) is 5.32 Å². The molecule has 1 heterocycles. The highest BCUT2D eigenvalue weighted by Gasteiger charge is 2.05. The smallest absolute Gasteiger partial charge is 0.119 e. The van der Waals surface area contributed by atoms with Crippen LogP contribution < -0.4 is 10.1 Å². The van der Waals surface area contributed by atoms with Crippen LogP contribution >= 0.6 is 11.3 Å². The number of nitrogens with one attached hydrogen (secondary N) is 1. The maximum absolute atomic E-state index is 5.74. The van der Waals surface area contributed by atoms with Gasteiger partial charge in [0.15, 0.2) is 0 Å². The van der Waals surface area contributed by atoms with Gasteiger partial charge in [-0.15, -0.1) is 0 Å². The zero-order valence-electron chi connectivity index (χ0n) is 13.1. The predicted molar refractivity (Wildman–Crippen MR) is 91.0 cm³/mol. The Labute approximate surface area is 132 Å². The van der Waals surface area contributed by atoms with Crippen molar-refractivity contribution >= 4 is 11.3 Å². The summed E-state index contributed by atoms with van der Waals surface area (Å²) in [4.78, 5) is 0. The summed E-state index contributed by atoms with van der Waals surface area (Å²) in [5, 5.41) is 7.86. The molecule has 0 amide bonds. The van der Waals surface area contributed by atoms with Gasteiger partial charge in [0.05, 0.1) is 6.61 Å². The molecule has 2 rings (SSSR count). The average molecular weight is 303 g/mol. The van der Waals surface area contributed by atoms with Crippen molar-refractivity contribution in [3.05, 3.63) is 52.2 Å². The van der Waals surface area contributed by atoms with E-state index in [9.17, 15) is 0 Å². The molecule has 1 N–H and O–H groups in total. The van der Waals surface area contributed by atoms with Gasteiger partial charge in [0, 0.05) is 12.6 Å². The summed E-state index contributed by atoms with van der Waals surface area (Å²) in [6.45, 7) is 8.30. The second kappa shape index (κ2) is 8.20. The van der Waals surface area contributed by atoms with Gasteiger partial charge in [-0.05, 0) is 59.3 Å². The molecule has 0 fully saturated rings. The molecule has 114 valence electrons. The van der Waals surface area contributed by atoms with Crippen molar-refractivity contribution in [3.8, 4) is 5.75 Å². The fraction of sp³-hybridized carbons (Fsp3) is 0.444. The highest BCUT2D eigenvalue weighted by atomic mass is 32.1. The quantitative estimate of drug-likeness (QED) is 0.739. The topological polar surface area (TPSA) is 21.3 Å². The standard InChI is InChI=1S/C18H25NOS/c1-14(2)8-10-20-18-6-4-16(5-7-18)12-19-15(3)17-9-11-21-13-17/h4-7,9,11,13-15,19H,8,10,12H2,1-3H3. The first-order chi connectivity index (χ1) is 10.1. The first kappa shape index (κ1) is 16.1. The molecule has 0 aliphatic rings. The van der Waals surface area contributed by atoms with Crippen LogP contribution in [0.5, 0.6) is 5.75 Å². The molecule has 0 saturated carbocycles. The van der Waals surface area contributed by atoms with E-state index in [4.69, 9.17) is 4.74 Å². The van der Waals surface area contributed by atoms with Gasteiger partial charge in [-0.3, -0.25) is 0 Å². The molecule has 3 heteroatoms. The lowest BCUT2D eigenvalue weighted by Crippen LogP contribution is -2.17. The second-order valence-electron chi connectivity index (χ2n) is 5.83. The molecule has 0 radical (unpaired) electrons. The van der Waals surface area contributed by atoms with E-state index in [2.05, 4.69) is 67.2 Å². The van der Waals surface area contributed by atoms with Crippen LogP contribution in [-0.2, 0) is 6.54 Å². The molecule has 1 aromatic carbocycles. The minimum atomic E-state index is 0.387. The third-order valence-electron chi connectivity index (χ3n) is 3.54. The van der Waals surface area contributed by atoms with Crippen molar-refractivity contribution in [2.75, 3.05) is 6.61 Å². The molecule has 1 atom stereocenters. The Hall–Kier alpha value is -1.32. The lowest BCUT2D eigenvalue weighted by Gasteiger charge is -2.13. The predicted octanol–water partition coefficient (Wildman–Crippen LogP) is 5.02. The lowest BCUT2D eigenvalue weighted by atomic mass is 10.1. The van der Waals surface area contributed by atoms with E-state index in [0.29, 0.717) is 12.0 Å². The van der Waals surface area contributed by atoms with Crippen LogP contribution in [0.3, 0.4) is 0 Å². The number of benzene rings is 1. The van der Waals surface area contributed by atoms with Gasteiger partial charge in [-0.1, -0.05) is 26.0 Å². The minimum Gasteiger partial charge on any atom is -0.494 e. The molecule has 0 aliphatic carbocycles. The van der Waals surface area contributed by atoms with Gasteiger partial charge in [0.1, 0.15) is 5.75 Å². The van der Waals surface area contributed by atoms with Crippen LogP contribution in [0.2, 0.25) is 0 Å². The molecule has 0 spiro atoms. The maximum Gasteiger partial charge on any atom is 0.119 e. The van der Waals surface area contributed by atoms with E-state index < -0.39 is 0 Å². The lowest BCUT2D eigenvalue weighted by molar-refractivity contribution is 0.289. The monoisotopic (exact) mass is 303 g/mol. The highest BCUT2D eigenvalue weighted by Crippen LogP contribution is 2.17. The summed E-state index contributed by atoms with van der Waals surface area (Å²) < 4.78 is 5.74. The summed E-state index contributed by atoms with van der Waals surface area (Å²) in [6, 6.07) is 11.0. The molecule has 2 aromatic rings. The molecular formula is C18H25NOS. The minimum absolute atomic E-state index is 0.387. The third kappa shape index (κ3) is 5.52. The summed E-state index contributed by atoms with van der Waals surface area (Å²) in [7, 11) is 0. The Morgan fingerprint density at radius 2 is 1.86 bits per heavy atom. The SMILES string of the molecule is CC(C)CCOc1ccc(CNC(C)c2ccsc2)cc1. The fourth-order valence-electron chi connectivity index (χ4n) is 2.03. The number of thiophene rings is 1. The molecule has 1 unspecified atom stereocenters. The largest absolute Gasteiger partial charge is 0.494 e. The molecule has 21 heavy (non-hydrogen) atoms. The van der Waals surface area contributed by atoms with Gasteiger partial charge in [0.25, 0.3) is 0 Å². The Balaban J connectivity index is 1.77. The van der Waals surface area contributed by atoms with E-state index in [1.165, 1.54) is 11.1 Å². The molecule has 2 nitrogen and oxygen atoms in total. The van der Waals surface area contributed by atoms with Crippen molar-refractivity contribution in [2.45, 2.75) is 39.8 Å². The number of hydrogen-bond acceptors (Lipinski definition) is 3. The Morgan fingerprint density at radius 1 is 1.10 bits per heavy atom. The Morgan fingerprint density at radius 3 is 2.48 bits per heavy atom. The van der Waals surface area contributed by atoms with E-state index in [1.807, 2.05) is 0 Å². The number of rotatable bonds is 8. The van der Waals surface area contributed by atoms with Crippen LogP contribution in [0.1, 0.15) is 44.4 Å². The maximum atomic E-state index is 5.74. The van der Waals surface area contributed by atoms with Gasteiger partial charge in [-0.2, -0.15) is 11.3 Å². The van der Waals surface area contributed by atoms with Crippen LogP contribution in [-0.4, -0.2) is 6.61 Å². The van der Waals surface area contributed by atoms with E-state index in [0.717, 1.165) is 25.3 Å². The summed E-state index contributed by atoms with van der Waals surface area (Å²) in [5.74, 6) is 1.65. The van der Waals surface area contributed by atoms with Gasteiger partial charge >= 0.3 is 0 Å². The van der Waals surface area contributed by atoms with Gasteiger partial charge in [0.2, 0.25) is 0 Å². The zero-order chi connectivity index (χ0) is 15.1. The molecular weight excluding hydrogens is 278 g/mol. The number of ether oxygens (including phenoxy) is 1.